The Labute approximate surface area is 193 Å². The zero-order chi connectivity index (χ0) is 28.8. The number of hydrogen-bond acceptors (Lipinski definition) is 2. The summed E-state index contributed by atoms with van der Waals surface area (Å²) in [5, 5.41) is 0. The van der Waals surface area contributed by atoms with E-state index in [9.17, 15) is 65.9 Å². The largest absolute Gasteiger partial charge is 0.491 e. The van der Waals surface area contributed by atoms with Gasteiger partial charge in [-0.3, -0.25) is 0 Å². The Balaban J connectivity index is 3.54. The van der Waals surface area contributed by atoms with Gasteiger partial charge >= 0.3 is 41.7 Å². The van der Waals surface area contributed by atoms with Crippen molar-refractivity contribution in [1.82, 2.24) is 0 Å². The van der Waals surface area contributed by atoms with Gasteiger partial charge in [-0.05, 0) is 19.9 Å². The van der Waals surface area contributed by atoms with E-state index >= 15 is 0 Å². The lowest BCUT2D eigenvalue weighted by Crippen LogP contribution is -2.72. The molecule has 1 rings (SSSR count). The minimum atomic E-state index is -8.33. The highest BCUT2D eigenvalue weighted by molar-refractivity contribution is 5.35. The first-order chi connectivity index (χ1) is 15.8. The molecule has 0 saturated heterocycles. The molecule has 0 aliphatic carbocycles. The SMILES string of the molecule is COC(CC(F)(F)C(F)(F)C(F)(F)C(F)(F)C(F)(F)C(F)(F)C(F)(F)F)c1ccccc1OC(C)C. The monoisotopic (exact) mass is 562 g/mol. The number of methoxy groups -OCH3 is 1. The predicted octanol–water partition coefficient (Wildman–Crippen LogP) is 7.93. The molecule has 17 heteroatoms. The third kappa shape index (κ3) is 5.03. The van der Waals surface area contributed by atoms with E-state index in [0.29, 0.717) is 7.11 Å². The lowest BCUT2D eigenvalue weighted by molar-refractivity contribution is -0.453. The van der Waals surface area contributed by atoms with E-state index in [1.54, 1.807) is 0 Å². The molecule has 210 valence electrons. The molecule has 0 fully saturated rings. The number of ether oxygens (including phenoxy) is 2. The number of halogens is 15. The Bertz CT molecular complexity index is 893. The van der Waals surface area contributed by atoms with E-state index in [1.165, 1.54) is 19.9 Å². The van der Waals surface area contributed by atoms with Crippen LogP contribution in [0.1, 0.15) is 31.9 Å². The smallest absolute Gasteiger partial charge is 0.460 e. The molecule has 0 aliphatic heterocycles. The van der Waals surface area contributed by atoms with E-state index in [4.69, 9.17) is 4.74 Å². The fourth-order valence-electron chi connectivity index (χ4n) is 2.79. The lowest BCUT2D eigenvalue weighted by atomic mass is 9.88. The maximum Gasteiger partial charge on any atom is 0.460 e. The van der Waals surface area contributed by atoms with Crippen LogP contribution >= 0.6 is 0 Å². The van der Waals surface area contributed by atoms with Gasteiger partial charge in [-0.1, -0.05) is 18.2 Å². The van der Waals surface area contributed by atoms with Crippen LogP contribution < -0.4 is 4.74 Å². The zero-order valence-corrected chi connectivity index (χ0v) is 18.2. The zero-order valence-electron chi connectivity index (χ0n) is 18.2. The highest BCUT2D eigenvalue weighted by Gasteiger charge is 2.93. The average Bonchev–Trinajstić information content (AvgIpc) is 2.70. The van der Waals surface area contributed by atoms with Gasteiger partial charge in [0.1, 0.15) is 5.75 Å². The van der Waals surface area contributed by atoms with Gasteiger partial charge in [-0.25, -0.2) is 0 Å². The van der Waals surface area contributed by atoms with Crippen molar-refractivity contribution >= 4 is 0 Å². The summed E-state index contributed by atoms with van der Waals surface area (Å²) in [4.78, 5) is 0. The van der Waals surface area contributed by atoms with Gasteiger partial charge in [0.2, 0.25) is 0 Å². The molecular formula is C19H17F15O2. The topological polar surface area (TPSA) is 18.5 Å². The minimum absolute atomic E-state index is 0.327. The molecule has 0 aromatic heterocycles. The van der Waals surface area contributed by atoms with Crippen LogP contribution in [0.3, 0.4) is 0 Å². The summed E-state index contributed by atoms with van der Waals surface area (Å²) in [5.74, 6) is -47.1. The van der Waals surface area contributed by atoms with Gasteiger partial charge in [0.25, 0.3) is 0 Å². The Morgan fingerprint density at radius 1 is 0.639 bits per heavy atom. The van der Waals surface area contributed by atoms with Crippen LogP contribution in [0.15, 0.2) is 24.3 Å². The van der Waals surface area contributed by atoms with Crippen molar-refractivity contribution in [3.05, 3.63) is 29.8 Å². The second kappa shape index (κ2) is 9.67. The molecule has 0 N–H and O–H groups in total. The molecule has 0 bridgehead atoms. The van der Waals surface area contributed by atoms with Gasteiger partial charge in [-0.2, -0.15) is 65.9 Å². The predicted molar refractivity (Wildman–Crippen MR) is 92.3 cm³/mol. The first kappa shape index (κ1) is 32.0. The Kier molecular flexibility index (Phi) is 8.58. The Hall–Kier alpha value is -2.07. The second-order valence-corrected chi connectivity index (χ2v) is 7.71. The summed E-state index contributed by atoms with van der Waals surface area (Å²) < 4.78 is 210. The normalized spacial score (nSPS) is 15.9. The van der Waals surface area contributed by atoms with Crippen LogP contribution in [0, 0.1) is 0 Å². The summed E-state index contributed by atoms with van der Waals surface area (Å²) >= 11 is 0. The van der Waals surface area contributed by atoms with Crippen LogP contribution in [0.25, 0.3) is 0 Å². The van der Waals surface area contributed by atoms with Crippen molar-refractivity contribution in [2.45, 2.75) is 74.2 Å². The number of hydrogen-bond donors (Lipinski definition) is 0. The summed E-state index contributed by atoms with van der Waals surface area (Å²) in [5.41, 5.74) is -0.520. The third-order valence-electron chi connectivity index (χ3n) is 4.75. The van der Waals surface area contributed by atoms with Gasteiger partial charge < -0.3 is 9.47 Å². The van der Waals surface area contributed by atoms with Crippen molar-refractivity contribution in [1.29, 1.82) is 0 Å². The van der Waals surface area contributed by atoms with Crippen LogP contribution in [-0.2, 0) is 4.74 Å². The van der Waals surface area contributed by atoms with E-state index < -0.39 is 65.9 Å². The van der Waals surface area contributed by atoms with Crippen molar-refractivity contribution in [2.75, 3.05) is 7.11 Å². The highest BCUT2D eigenvalue weighted by atomic mass is 19.4. The number of para-hydroxylation sites is 1. The molecule has 1 aromatic carbocycles. The highest BCUT2D eigenvalue weighted by Crippen LogP contribution is 2.63. The molecule has 0 spiro atoms. The van der Waals surface area contributed by atoms with Crippen LogP contribution in [0.4, 0.5) is 65.9 Å². The fourth-order valence-corrected chi connectivity index (χ4v) is 2.79. The van der Waals surface area contributed by atoms with Gasteiger partial charge in [0.05, 0.1) is 12.2 Å². The first-order valence-corrected chi connectivity index (χ1v) is 9.45. The van der Waals surface area contributed by atoms with E-state index in [1.807, 2.05) is 0 Å². The molecule has 0 radical (unpaired) electrons. The van der Waals surface area contributed by atoms with Crippen molar-refractivity contribution in [2.24, 2.45) is 0 Å². The van der Waals surface area contributed by atoms with Gasteiger partial charge in [-0.15, -0.1) is 0 Å². The third-order valence-corrected chi connectivity index (χ3v) is 4.75. The molecule has 1 unspecified atom stereocenters. The van der Waals surface area contributed by atoms with E-state index in [0.717, 1.165) is 18.2 Å². The number of rotatable bonds is 11. The maximum atomic E-state index is 14.3. The number of benzene rings is 1. The molecule has 1 atom stereocenters. The minimum Gasteiger partial charge on any atom is -0.491 e. The van der Waals surface area contributed by atoms with Crippen LogP contribution in [0.5, 0.6) is 5.75 Å². The summed E-state index contributed by atoms with van der Waals surface area (Å²) in [6, 6.07) is 4.34. The van der Waals surface area contributed by atoms with E-state index in [-0.39, 0.29) is 5.75 Å². The number of alkyl halides is 15. The summed E-state index contributed by atoms with van der Waals surface area (Å²) in [7, 11) is 0.579. The maximum absolute atomic E-state index is 14.3. The molecule has 0 saturated carbocycles. The fraction of sp³-hybridized carbons (Fsp3) is 0.684. The van der Waals surface area contributed by atoms with Crippen LogP contribution in [-0.4, -0.2) is 54.9 Å². The van der Waals surface area contributed by atoms with Gasteiger partial charge in [0, 0.05) is 19.1 Å². The Morgan fingerprint density at radius 2 is 1.06 bits per heavy atom. The van der Waals surface area contributed by atoms with Gasteiger partial charge in [0.15, 0.2) is 0 Å². The first-order valence-electron chi connectivity index (χ1n) is 9.45. The molecule has 2 nitrogen and oxygen atoms in total. The molecule has 0 aliphatic rings. The van der Waals surface area contributed by atoms with Crippen molar-refractivity contribution < 1.29 is 75.3 Å². The summed E-state index contributed by atoms with van der Waals surface area (Å²) in [6.07, 6.45) is -13.3. The van der Waals surface area contributed by atoms with Crippen molar-refractivity contribution in [3.8, 4) is 5.75 Å². The molecule has 36 heavy (non-hydrogen) atoms. The van der Waals surface area contributed by atoms with Crippen LogP contribution in [0.2, 0.25) is 0 Å². The summed E-state index contributed by atoms with van der Waals surface area (Å²) in [6.45, 7) is 2.84. The Morgan fingerprint density at radius 3 is 1.47 bits per heavy atom. The lowest BCUT2D eigenvalue weighted by Gasteiger charge is -2.42. The molecule has 0 amide bonds. The molecule has 0 heterocycles. The molecule has 1 aromatic rings. The molecular weight excluding hydrogens is 545 g/mol. The quantitative estimate of drug-likeness (QED) is 0.255. The average molecular weight is 562 g/mol. The second-order valence-electron chi connectivity index (χ2n) is 7.71. The standard InChI is InChI=1S/C19H17F15O2/c1-9(2)36-11-7-5-4-6-10(11)12(35-3)8-13(20,21)14(22,23)15(24,25)16(26,27)17(28,29)18(30,31)19(32,33)34/h4-7,9,12H,8H2,1-3H3. The van der Waals surface area contributed by atoms with E-state index in [2.05, 4.69) is 4.74 Å². The van der Waals surface area contributed by atoms with Crippen molar-refractivity contribution in [3.63, 3.8) is 0 Å².